The highest BCUT2D eigenvalue weighted by Gasteiger charge is 2.25. The highest BCUT2D eigenvalue weighted by molar-refractivity contribution is 6.00. The van der Waals surface area contributed by atoms with Crippen molar-refractivity contribution in [2.45, 2.75) is 32.2 Å². The Morgan fingerprint density at radius 2 is 2.06 bits per heavy atom. The van der Waals surface area contributed by atoms with Crippen LogP contribution in [0.5, 0.6) is 0 Å². The van der Waals surface area contributed by atoms with Gasteiger partial charge in [-0.2, -0.15) is 9.61 Å². The predicted molar refractivity (Wildman–Crippen MR) is 119 cm³/mol. The van der Waals surface area contributed by atoms with Crippen LogP contribution in [0.1, 0.15) is 25.3 Å². The molecule has 11 heteroatoms. The number of hydrogen-bond donors (Lipinski definition) is 6. The quantitative estimate of drug-likeness (QED) is 0.319. The minimum Gasteiger partial charge on any atom is -0.367 e. The second kappa shape index (κ2) is 7.85. The average Bonchev–Trinajstić information content (AvgIpc) is 3.36. The van der Waals surface area contributed by atoms with Crippen molar-refractivity contribution >= 4 is 46.5 Å². The number of benzene rings is 1. The number of carbonyl (C=O) groups excluding carboxylic acids is 2. The van der Waals surface area contributed by atoms with Gasteiger partial charge in [-0.1, -0.05) is 6.07 Å². The fourth-order valence-corrected chi connectivity index (χ4v) is 3.42. The first-order chi connectivity index (χ1) is 15.4. The van der Waals surface area contributed by atoms with E-state index in [1.165, 1.54) is 6.92 Å². The average molecular weight is 434 g/mol. The van der Waals surface area contributed by atoms with Crippen molar-refractivity contribution in [1.29, 1.82) is 0 Å². The van der Waals surface area contributed by atoms with Crippen LogP contribution in [0.4, 0.5) is 23.0 Å². The van der Waals surface area contributed by atoms with Crippen LogP contribution in [0.2, 0.25) is 0 Å². The van der Waals surface area contributed by atoms with E-state index in [4.69, 9.17) is 4.98 Å². The highest BCUT2D eigenvalue weighted by atomic mass is 16.3. The van der Waals surface area contributed by atoms with Crippen molar-refractivity contribution in [3.8, 4) is 0 Å². The van der Waals surface area contributed by atoms with E-state index in [-0.39, 0.29) is 11.6 Å². The van der Waals surface area contributed by atoms with E-state index in [1.807, 2.05) is 24.3 Å². The van der Waals surface area contributed by atoms with Crippen molar-refractivity contribution in [3.05, 3.63) is 47.8 Å². The molecule has 1 atom stereocenters. The van der Waals surface area contributed by atoms with E-state index in [0.717, 1.165) is 24.3 Å². The molecule has 6 N–H and O–H groups in total. The van der Waals surface area contributed by atoms with Crippen LogP contribution in [-0.4, -0.2) is 43.9 Å². The summed E-state index contributed by atoms with van der Waals surface area (Å²) >= 11 is 0. The molecule has 3 heterocycles. The number of aromatic nitrogens is 3. The van der Waals surface area contributed by atoms with Crippen molar-refractivity contribution in [2.24, 2.45) is 0 Å². The lowest BCUT2D eigenvalue weighted by atomic mass is 10.2. The number of aliphatic hydroxyl groups excluding tert-OH is 1. The number of nitrogens with zero attached hydrogens (tertiary/aromatic N) is 3. The number of carbonyl (C=O) groups is 2. The molecule has 0 bridgehead atoms. The molecule has 1 aromatic carbocycles. The number of amides is 2. The topological polar surface area (TPSA) is 145 Å². The summed E-state index contributed by atoms with van der Waals surface area (Å²) in [6, 6.07) is 9.58. The number of fused-ring (bicyclic) bond motifs is 1. The fraction of sp³-hybridized carbons (Fsp3) is 0.238. The number of rotatable bonds is 6. The van der Waals surface area contributed by atoms with Gasteiger partial charge in [0.25, 0.3) is 5.91 Å². The van der Waals surface area contributed by atoms with Crippen LogP contribution in [0.25, 0.3) is 11.7 Å². The lowest BCUT2D eigenvalue weighted by Crippen LogP contribution is -2.30. The Hall–Kier alpha value is -4.12. The molecule has 0 spiro atoms. The molecular weight excluding hydrogens is 412 g/mol. The smallest absolute Gasteiger partial charge is 0.270 e. The van der Waals surface area contributed by atoms with Gasteiger partial charge in [0.2, 0.25) is 12.3 Å². The Balaban J connectivity index is 1.52. The van der Waals surface area contributed by atoms with E-state index < -0.39 is 12.3 Å². The van der Waals surface area contributed by atoms with Gasteiger partial charge < -0.3 is 31.7 Å². The predicted octanol–water partition coefficient (Wildman–Crippen LogP) is 1.34. The van der Waals surface area contributed by atoms with Gasteiger partial charge >= 0.3 is 0 Å². The lowest BCUT2D eigenvalue weighted by molar-refractivity contribution is -0.117. The molecule has 1 unspecified atom stereocenters. The summed E-state index contributed by atoms with van der Waals surface area (Å²) in [6.07, 6.45) is 4.28. The minimum absolute atomic E-state index is 0.149. The number of anilines is 4. The van der Waals surface area contributed by atoms with Crippen LogP contribution in [0.15, 0.2) is 42.2 Å². The normalized spacial score (nSPS) is 19.0. The molecule has 1 aliphatic heterocycles. The van der Waals surface area contributed by atoms with E-state index >= 15 is 0 Å². The van der Waals surface area contributed by atoms with Gasteiger partial charge in [0.1, 0.15) is 17.3 Å². The first kappa shape index (κ1) is 19.8. The van der Waals surface area contributed by atoms with Crippen molar-refractivity contribution in [2.75, 3.05) is 16.0 Å². The Bertz CT molecular complexity index is 1250. The summed E-state index contributed by atoms with van der Waals surface area (Å²) in [7, 11) is 0. The van der Waals surface area contributed by atoms with E-state index in [0.29, 0.717) is 28.8 Å². The summed E-state index contributed by atoms with van der Waals surface area (Å²) in [5, 5.41) is 28.5. The Kier molecular flexibility index (Phi) is 4.86. The molecule has 5 rings (SSSR count). The van der Waals surface area contributed by atoms with Crippen molar-refractivity contribution < 1.29 is 14.7 Å². The highest BCUT2D eigenvalue weighted by Crippen LogP contribution is 2.29. The first-order valence-electron chi connectivity index (χ1n) is 10.2. The third-order valence-electron chi connectivity index (χ3n) is 4.99. The zero-order valence-corrected chi connectivity index (χ0v) is 17.2. The molecule has 1 aliphatic carbocycles. The molecular formula is C21H22N8O3. The van der Waals surface area contributed by atoms with Crippen LogP contribution in [0.3, 0.4) is 0 Å². The zero-order chi connectivity index (χ0) is 22.2. The molecule has 2 amide bonds. The molecule has 2 aromatic heterocycles. The minimum atomic E-state index is -1.12. The molecule has 2 fully saturated rings. The fourth-order valence-electron chi connectivity index (χ4n) is 3.42. The van der Waals surface area contributed by atoms with E-state index in [2.05, 4.69) is 31.7 Å². The maximum Gasteiger partial charge on any atom is 0.270 e. The van der Waals surface area contributed by atoms with Crippen molar-refractivity contribution in [3.63, 3.8) is 0 Å². The van der Waals surface area contributed by atoms with E-state index in [9.17, 15) is 14.7 Å². The molecule has 11 nitrogen and oxygen atoms in total. The maximum absolute atomic E-state index is 12.0. The standard InChI is InChI=1S/C21H22N8O3/c1-11(30)23-14-3-2-4-15(8-14)24-17-9-18(25-13-5-6-13)29-19(27-17)12(10-22-29)7-16-20(31)28-21(32)26-16/h2-4,7-10,13,21,25-26,32H,5-6H2,1H3,(H,23,30)(H,24,27)(H,28,31)/b16-7-. The summed E-state index contributed by atoms with van der Waals surface area (Å²) in [6.45, 7) is 1.46. The summed E-state index contributed by atoms with van der Waals surface area (Å²) in [4.78, 5) is 28.0. The summed E-state index contributed by atoms with van der Waals surface area (Å²) < 4.78 is 1.69. The Morgan fingerprint density at radius 1 is 1.25 bits per heavy atom. The number of nitrogens with one attached hydrogen (secondary N) is 5. The SMILES string of the molecule is CC(=O)Nc1cccc(Nc2cc(NC3CC3)n3ncc(/C=C4\NC(O)NC4=O)c3n2)c1. The zero-order valence-electron chi connectivity index (χ0n) is 17.2. The maximum atomic E-state index is 12.0. The van der Waals surface area contributed by atoms with Crippen LogP contribution >= 0.6 is 0 Å². The van der Waals surface area contributed by atoms with Gasteiger partial charge in [-0.15, -0.1) is 0 Å². The lowest BCUT2D eigenvalue weighted by Gasteiger charge is -2.12. The molecule has 32 heavy (non-hydrogen) atoms. The second-order valence-electron chi connectivity index (χ2n) is 7.75. The molecule has 1 saturated heterocycles. The van der Waals surface area contributed by atoms with Crippen LogP contribution in [-0.2, 0) is 9.59 Å². The van der Waals surface area contributed by atoms with Crippen LogP contribution in [0, 0.1) is 0 Å². The Labute approximate surface area is 182 Å². The summed E-state index contributed by atoms with van der Waals surface area (Å²) in [5.74, 6) is 0.789. The van der Waals surface area contributed by atoms with Gasteiger partial charge in [0.05, 0.1) is 6.20 Å². The van der Waals surface area contributed by atoms with Gasteiger partial charge in [-0.05, 0) is 37.1 Å². The Morgan fingerprint density at radius 3 is 2.78 bits per heavy atom. The molecule has 3 aromatic rings. The molecule has 0 radical (unpaired) electrons. The third-order valence-corrected chi connectivity index (χ3v) is 4.99. The third kappa shape index (κ3) is 4.18. The largest absolute Gasteiger partial charge is 0.367 e. The number of aliphatic hydroxyl groups is 1. The van der Waals surface area contributed by atoms with Gasteiger partial charge in [-0.25, -0.2) is 4.98 Å². The second-order valence-corrected chi connectivity index (χ2v) is 7.75. The van der Waals surface area contributed by atoms with Gasteiger partial charge in [0.15, 0.2) is 5.65 Å². The molecule has 164 valence electrons. The molecule has 1 saturated carbocycles. The monoisotopic (exact) mass is 434 g/mol. The molecule has 2 aliphatic rings. The number of hydrogen-bond acceptors (Lipinski definition) is 8. The van der Waals surface area contributed by atoms with Crippen molar-refractivity contribution in [1.82, 2.24) is 25.2 Å². The van der Waals surface area contributed by atoms with Crippen LogP contribution < -0.4 is 26.6 Å². The van der Waals surface area contributed by atoms with Gasteiger partial charge in [-0.3, -0.25) is 9.59 Å². The summed E-state index contributed by atoms with van der Waals surface area (Å²) in [5.41, 5.74) is 2.81. The van der Waals surface area contributed by atoms with E-state index in [1.54, 1.807) is 22.9 Å². The first-order valence-corrected chi connectivity index (χ1v) is 10.2. The van der Waals surface area contributed by atoms with Gasteiger partial charge in [0, 0.05) is 36.0 Å².